The fourth-order valence-corrected chi connectivity index (χ4v) is 3.81. The van der Waals surface area contributed by atoms with Crippen molar-refractivity contribution >= 4 is 7.92 Å². The van der Waals surface area contributed by atoms with Gasteiger partial charge in [0.15, 0.2) is 0 Å². The Bertz CT molecular complexity index is 117. The molecule has 0 rings (SSSR count). The third-order valence-electron chi connectivity index (χ3n) is 2.05. The Labute approximate surface area is 79.2 Å². The topological polar surface area (TPSA) is 0 Å². The first-order chi connectivity index (χ1) is 5.59. The van der Waals surface area contributed by atoms with Crippen LogP contribution in [0, 0.1) is 0 Å². The van der Waals surface area contributed by atoms with Gasteiger partial charge >= 0.3 is 0 Å². The first kappa shape index (κ1) is 12.2. The first-order valence-corrected chi connectivity index (χ1v) is 6.66. The minimum absolute atomic E-state index is 0.223. The summed E-state index contributed by atoms with van der Waals surface area (Å²) in [6.45, 7) is 11.6. The number of hydrogen-bond acceptors (Lipinski definition) is 0. The van der Waals surface area contributed by atoms with Gasteiger partial charge in [-0.15, -0.1) is 0 Å². The standard InChI is InChI=1S/C11H23P/c1-6-7-8-9-12(10(2)3)11(4)5/h7-8,10-11H,6,9H2,1-5H3. The van der Waals surface area contributed by atoms with Crippen molar-refractivity contribution in [2.24, 2.45) is 0 Å². The Morgan fingerprint density at radius 3 is 1.83 bits per heavy atom. The van der Waals surface area contributed by atoms with E-state index in [1.54, 1.807) is 0 Å². The molecule has 0 radical (unpaired) electrons. The van der Waals surface area contributed by atoms with Crippen molar-refractivity contribution in [3.8, 4) is 0 Å². The molecule has 0 saturated carbocycles. The number of rotatable bonds is 5. The van der Waals surface area contributed by atoms with Gasteiger partial charge in [0.1, 0.15) is 0 Å². The molecule has 0 fully saturated rings. The van der Waals surface area contributed by atoms with Crippen molar-refractivity contribution in [2.75, 3.05) is 6.16 Å². The average molecular weight is 186 g/mol. The molecule has 1 heteroatoms. The summed E-state index contributed by atoms with van der Waals surface area (Å²) >= 11 is 0. The molecule has 12 heavy (non-hydrogen) atoms. The van der Waals surface area contributed by atoms with E-state index >= 15 is 0 Å². The lowest BCUT2D eigenvalue weighted by Crippen LogP contribution is -2.05. The predicted octanol–water partition coefficient (Wildman–Crippen LogP) is 4.25. The van der Waals surface area contributed by atoms with Crippen LogP contribution in [0.2, 0.25) is 0 Å². The Morgan fingerprint density at radius 2 is 1.50 bits per heavy atom. The van der Waals surface area contributed by atoms with Crippen LogP contribution in [0.3, 0.4) is 0 Å². The van der Waals surface area contributed by atoms with Crippen LogP contribution in [0.15, 0.2) is 12.2 Å². The van der Waals surface area contributed by atoms with Gasteiger partial charge in [-0.2, -0.15) is 0 Å². The maximum absolute atomic E-state index is 2.37. The van der Waals surface area contributed by atoms with Gasteiger partial charge < -0.3 is 0 Å². The van der Waals surface area contributed by atoms with Crippen LogP contribution in [0.25, 0.3) is 0 Å². The van der Waals surface area contributed by atoms with Crippen LogP contribution in [0.1, 0.15) is 41.0 Å². The monoisotopic (exact) mass is 186 g/mol. The lowest BCUT2D eigenvalue weighted by atomic mass is 10.4. The normalized spacial score (nSPS) is 12.7. The summed E-state index contributed by atoms with van der Waals surface area (Å²) in [4.78, 5) is 0. The zero-order valence-electron chi connectivity index (χ0n) is 9.17. The molecule has 0 aromatic carbocycles. The molecule has 0 bridgehead atoms. The van der Waals surface area contributed by atoms with Crippen molar-refractivity contribution in [3.63, 3.8) is 0 Å². The maximum atomic E-state index is 2.37. The molecular weight excluding hydrogens is 163 g/mol. The van der Waals surface area contributed by atoms with Gasteiger partial charge in [0.2, 0.25) is 0 Å². The van der Waals surface area contributed by atoms with E-state index in [0.717, 1.165) is 11.3 Å². The molecule has 72 valence electrons. The van der Waals surface area contributed by atoms with Crippen molar-refractivity contribution in [1.29, 1.82) is 0 Å². The van der Waals surface area contributed by atoms with Crippen LogP contribution >= 0.6 is 7.92 Å². The van der Waals surface area contributed by atoms with E-state index in [9.17, 15) is 0 Å². The molecule has 0 saturated heterocycles. The highest BCUT2D eigenvalue weighted by molar-refractivity contribution is 7.59. The van der Waals surface area contributed by atoms with Gasteiger partial charge in [0.25, 0.3) is 0 Å². The van der Waals surface area contributed by atoms with E-state index in [-0.39, 0.29) is 7.92 Å². The second-order valence-corrected chi connectivity index (χ2v) is 7.22. The molecule has 0 nitrogen and oxygen atoms in total. The summed E-state index contributed by atoms with van der Waals surface area (Å²) in [7, 11) is 0.223. The Balaban J connectivity index is 3.88. The van der Waals surface area contributed by atoms with E-state index < -0.39 is 0 Å². The zero-order valence-corrected chi connectivity index (χ0v) is 10.1. The summed E-state index contributed by atoms with van der Waals surface area (Å²) in [6.07, 6.45) is 7.16. The largest absolute Gasteiger partial charge is 0.0976 e. The average Bonchev–Trinajstić information content (AvgIpc) is 1.96. The van der Waals surface area contributed by atoms with E-state index in [1.807, 2.05) is 0 Å². The van der Waals surface area contributed by atoms with Gasteiger partial charge in [-0.1, -0.05) is 54.7 Å². The van der Waals surface area contributed by atoms with E-state index in [1.165, 1.54) is 12.6 Å². The summed E-state index contributed by atoms with van der Waals surface area (Å²) in [6, 6.07) is 0. The minimum Gasteiger partial charge on any atom is -0.0976 e. The molecule has 0 aliphatic heterocycles. The molecule has 0 aliphatic carbocycles. The minimum atomic E-state index is 0.223. The maximum Gasteiger partial charge on any atom is -0.0140 e. The van der Waals surface area contributed by atoms with E-state index in [0.29, 0.717) is 0 Å². The molecule has 0 aliphatic rings. The smallest absolute Gasteiger partial charge is 0.0140 e. The molecule has 0 unspecified atom stereocenters. The highest BCUT2D eigenvalue weighted by Crippen LogP contribution is 2.45. The second kappa shape index (κ2) is 6.66. The third kappa shape index (κ3) is 4.93. The quantitative estimate of drug-likeness (QED) is 0.444. The van der Waals surface area contributed by atoms with Crippen LogP contribution in [-0.2, 0) is 0 Å². The molecule has 0 heterocycles. The SMILES string of the molecule is CCC=CCP(C(C)C)C(C)C. The zero-order chi connectivity index (χ0) is 9.56. The van der Waals surface area contributed by atoms with Crippen LogP contribution in [0.4, 0.5) is 0 Å². The Morgan fingerprint density at radius 1 is 1.00 bits per heavy atom. The number of hydrogen-bond donors (Lipinski definition) is 0. The Kier molecular flexibility index (Phi) is 6.76. The number of allylic oxidation sites excluding steroid dienone is 2. The van der Waals surface area contributed by atoms with Gasteiger partial charge in [-0.05, 0) is 23.9 Å². The van der Waals surface area contributed by atoms with Crippen molar-refractivity contribution in [1.82, 2.24) is 0 Å². The van der Waals surface area contributed by atoms with Gasteiger partial charge in [-0.25, -0.2) is 0 Å². The molecule has 0 aromatic heterocycles. The van der Waals surface area contributed by atoms with Crippen molar-refractivity contribution in [3.05, 3.63) is 12.2 Å². The highest BCUT2D eigenvalue weighted by atomic mass is 31.1. The lowest BCUT2D eigenvalue weighted by Gasteiger charge is -2.24. The summed E-state index contributed by atoms with van der Waals surface area (Å²) in [5, 5.41) is 0. The van der Waals surface area contributed by atoms with E-state index in [2.05, 4.69) is 46.8 Å². The van der Waals surface area contributed by atoms with Gasteiger partial charge in [-0.3, -0.25) is 0 Å². The fourth-order valence-electron chi connectivity index (χ4n) is 1.38. The van der Waals surface area contributed by atoms with Gasteiger partial charge in [0, 0.05) is 0 Å². The molecule has 0 atom stereocenters. The molecule has 0 amide bonds. The summed E-state index contributed by atoms with van der Waals surface area (Å²) in [5.74, 6) is 0. The van der Waals surface area contributed by atoms with Crippen LogP contribution in [-0.4, -0.2) is 17.5 Å². The van der Waals surface area contributed by atoms with Crippen molar-refractivity contribution in [2.45, 2.75) is 52.4 Å². The fraction of sp³-hybridized carbons (Fsp3) is 0.818. The third-order valence-corrected chi connectivity index (χ3v) is 5.33. The Hall–Kier alpha value is 0.170. The second-order valence-electron chi connectivity index (χ2n) is 3.76. The first-order valence-electron chi connectivity index (χ1n) is 5.00. The van der Waals surface area contributed by atoms with Crippen LogP contribution < -0.4 is 0 Å². The molecular formula is C11H23P. The summed E-state index contributed by atoms with van der Waals surface area (Å²) in [5.41, 5.74) is 1.75. The highest BCUT2D eigenvalue weighted by Gasteiger charge is 2.14. The van der Waals surface area contributed by atoms with Crippen molar-refractivity contribution < 1.29 is 0 Å². The van der Waals surface area contributed by atoms with Crippen LogP contribution in [0.5, 0.6) is 0 Å². The molecule has 0 N–H and O–H groups in total. The molecule has 0 spiro atoms. The lowest BCUT2D eigenvalue weighted by molar-refractivity contribution is 1.01. The molecule has 0 aromatic rings. The van der Waals surface area contributed by atoms with E-state index in [4.69, 9.17) is 0 Å². The predicted molar refractivity (Wildman–Crippen MR) is 61.5 cm³/mol. The summed E-state index contributed by atoms with van der Waals surface area (Å²) < 4.78 is 0. The van der Waals surface area contributed by atoms with Gasteiger partial charge in [0.05, 0.1) is 0 Å².